The van der Waals surface area contributed by atoms with E-state index in [2.05, 4.69) is 10.2 Å². The summed E-state index contributed by atoms with van der Waals surface area (Å²) >= 11 is 11.9. The highest BCUT2D eigenvalue weighted by Crippen LogP contribution is 2.37. The molecule has 1 aromatic carbocycles. The van der Waals surface area contributed by atoms with Gasteiger partial charge in [0.05, 0.1) is 22.1 Å². The molecule has 1 heterocycles. The number of alkyl halides is 2. The smallest absolute Gasteiger partial charge is 0.330 e. The molecule has 2 N–H and O–H groups in total. The standard InChI is InChI=1S/C16H21Cl2F2N3O2/c1-9(11-3-4-12(15(19)20)14(18)13(11)17)21-16(24)23(25)10-5-7-22(2)8-6-10/h3-4,9-10,15,25H,5-8H2,1-2H3,(H,21,24). The third-order valence-corrected chi connectivity index (χ3v) is 5.34. The van der Waals surface area contributed by atoms with Crippen LogP contribution < -0.4 is 5.32 Å². The zero-order valence-electron chi connectivity index (χ0n) is 14.0. The highest BCUT2D eigenvalue weighted by Gasteiger charge is 2.27. The molecule has 1 saturated heterocycles. The molecule has 1 unspecified atom stereocenters. The lowest BCUT2D eigenvalue weighted by Gasteiger charge is -2.34. The van der Waals surface area contributed by atoms with Crippen LogP contribution in [0.5, 0.6) is 0 Å². The van der Waals surface area contributed by atoms with Crippen LogP contribution in [0.3, 0.4) is 0 Å². The number of piperidine rings is 1. The van der Waals surface area contributed by atoms with Crippen molar-refractivity contribution in [3.05, 3.63) is 33.3 Å². The van der Waals surface area contributed by atoms with Gasteiger partial charge in [0.1, 0.15) is 0 Å². The van der Waals surface area contributed by atoms with E-state index in [9.17, 15) is 18.8 Å². The fourth-order valence-corrected chi connectivity index (χ4v) is 3.41. The molecule has 25 heavy (non-hydrogen) atoms. The Hall–Kier alpha value is -1.15. The van der Waals surface area contributed by atoms with Gasteiger partial charge in [0, 0.05) is 5.56 Å². The molecule has 0 spiro atoms. The maximum Gasteiger partial charge on any atom is 0.341 e. The number of urea groups is 1. The van der Waals surface area contributed by atoms with Gasteiger partial charge in [-0.05, 0) is 45.5 Å². The van der Waals surface area contributed by atoms with Crippen molar-refractivity contribution in [3.63, 3.8) is 0 Å². The number of benzene rings is 1. The summed E-state index contributed by atoms with van der Waals surface area (Å²) in [5, 5.41) is 13.2. The van der Waals surface area contributed by atoms with Gasteiger partial charge in [0.15, 0.2) is 0 Å². The lowest BCUT2D eigenvalue weighted by Crippen LogP contribution is -2.48. The Labute approximate surface area is 155 Å². The van der Waals surface area contributed by atoms with Crippen molar-refractivity contribution in [2.24, 2.45) is 0 Å². The van der Waals surface area contributed by atoms with Crippen molar-refractivity contribution in [3.8, 4) is 0 Å². The minimum atomic E-state index is -2.73. The number of hydroxylamine groups is 2. The summed E-state index contributed by atoms with van der Waals surface area (Å²) in [5.41, 5.74) is 0.0465. The lowest BCUT2D eigenvalue weighted by atomic mass is 10.0. The topological polar surface area (TPSA) is 55.8 Å². The number of hydrogen-bond donors (Lipinski definition) is 2. The molecule has 0 radical (unpaired) electrons. The maximum absolute atomic E-state index is 12.8. The van der Waals surface area contributed by atoms with E-state index in [1.807, 2.05) is 7.05 Å². The van der Waals surface area contributed by atoms with E-state index in [0.29, 0.717) is 23.5 Å². The van der Waals surface area contributed by atoms with Crippen LogP contribution in [0.25, 0.3) is 0 Å². The predicted octanol–water partition coefficient (Wildman–Crippen LogP) is 4.49. The van der Waals surface area contributed by atoms with Gasteiger partial charge < -0.3 is 10.2 Å². The second kappa shape index (κ2) is 8.49. The number of nitrogens with zero attached hydrogens (tertiary/aromatic N) is 2. The SMILES string of the molecule is CC(NC(=O)N(O)C1CCN(C)CC1)c1ccc(C(F)F)c(Cl)c1Cl. The fourth-order valence-electron chi connectivity index (χ4n) is 2.82. The number of halogens is 4. The largest absolute Gasteiger partial charge is 0.341 e. The fraction of sp³-hybridized carbons (Fsp3) is 0.562. The van der Waals surface area contributed by atoms with E-state index in [-0.39, 0.29) is 21.7 Å². The first-order chi connectivity index (χ1) is 11.7. The van der Waals surface area contributed by atoms with Crippen LogP contribution in [-0.4, -0.2) is 47.4 Å². The number of rotatable bonds is 4. The van der Waals surface area contributed by atoms with Gasteiger partial charge in [-0.15, -0.1) is 0 Å². The number of nitrogens with one attached hydrogen (secondary N) is 1. The number of hydrogen-bond acceptors (Lipinski definition) is 3. The molecule has 9 heteroatoms. The number of carbonyl (C=O) groups is 1. The first-order valence-corrected chi connectivity index (χ1v) is 8.71. The van der Waals surface area contributed by atoms with Gasteiger partial charge in [-0.25, -0.2) is 18.6 Å². The van der Waals surface area contributed by atoms with E-state index in [1.165, 1.54) is 12.1 Å². The Morgan fingerprint density at radius 1 is 1.28 bits per heavy atom. The second-order valence-corrected chi connectivity index (χ2v) is 6.98. The van der Waals surface area contributed by atoms with Gasteiger partial charge in [-0.2, -0.15) is 0 Å². The average molecular weight is 396 g/mol. The van der Waals surface area contributed by atoms with Crippen molar-refractivity contribution in [1.82, 2.24) is 15.3 Å². The number of carbonyl (C=O) groups excluding carboxylic acids is 1. The van der Waals surface area contributed by atoms with Crippen LogP contribution in [0.4, 0.5) is 13.6 Å². The first-order valence-electron chi connectivity index (χ1n) is 7.95. The monoisotopic (exact) mass is 395 g/mol. The Morgan fingerprint density at radius 3 is 2.36 bits per heavy atom. The summed E-state index contributed by atoms with van der Waals surface area (Å²) in [6.45, 7) is 3.22. The average Bonchev–Trinajstić information content (AvgIpc) is 2.56. The zero-order chi connectivity index (χ0) is 18.7. The molecule has 0 bridgehead atoms. The first kappa shape index (κ1) is 20.2. The molecule has 1 fully saturated rings. The molecule has 1 aliphatic rings. The molecule has 1 atom stereocenters. The molecule has 0 aliphatic carbocycles. The van der Waals surface area contributed by atoms with Crippen LogP contribution >= 0.6 is 23.2 Å². The van der Waals surface area contributed by atoms with Crippen LogP contribution in [-0.2, 0) is 0 Å². The number of amides is 2. The van der Waals surface area contributed by atoms with Crippen molar-refractivity contribution in [2.45, 2.75) is 38.3 Å². The third kappa shape index (κ3) is 4.73. The molecule has 1 aliphatic heterocycles. The summed E-state index contributed by atoms with van der Waals surface area (Å²) in [6, 6.07) is 1.06. The molecule has 140 valence electrons. The van der Waals surface area contributed by atoms with Gasteiger partial charge in [-0.3, -0.25) is 5.21 Å². The Bertz CT molecular complexity index is 626. The molecule has 1 aromatic rings. The lowest BCUT2D eigenvalue weighted by molar-refractivity contribution is -0.0919. The zero-order valence-corrected chi connectivity index (χ0v) is 15.5. The minimum Gasteiger partial charge on any atom is -0.330 e. The van der Waals surface area contributed by atoms with Gasteiger partial charge in [-0.1, -0.05) is 35.3 Å². The molecule has 0 aromatic heterocycles. The summed E-state index contributed by atoms with van der Waals surface area (Å²) in [5.74, 6) is 0. The van der Waals surface area contributed by atoms with E-state index < -0.39 is 18.5 Å². The summed E-state index contributed by atoms with van der Waals surface area (Å²) in [7, 11) is 1.98. The van der Waals surface area contributed by atoms with Crippen LogP contribution in [0.15, 0.2) is 12.1 Å². The van der Waals surface area contributed by atoms with Crippen LogP contribution in [0.1, 0.15) is 43.4 Å². The Morgan fingerprint density at radius 2 is 1.80 bits per heavy atom. The van der Waals surface area contributed by atoms with Gasteiger partial charge in [0.2, 0.25) is 0 Å². The quantitative estimate of drug-likeness (QED) is 0.583. The van der Waals surface area contributed by atoms with Crippen molar-refractivity contribution in [1.29, 1.82) is 0 Å². The predicted molar refractivity (Wildman–Crippen MR) is 92.5 cm³/mol. The maximum atomic E-state index is 12.8. The van der Waals surface area contributed by atoms with E-state index >= 15 is 0 Å². The molecule has 2 amide bonds. The van der Waals surface area contributed by atoms with Gasteiger partial charge in [0.25, 0.3) is 6.43 Å². The Kier molecular flexibility index (Phi) is 6.85. The van der Waals surface area contributed by atoms with E-state index in [4.69, 9.17) is 23.2 Å². The van der Waals surface area contributed by atoms with E-state index in [1.54, 1.807) is 6.92 Å². The molecular formula is C16H21Cl2F2N3O2. The molecule has 0 saturated carbocycles. The summed E-state index contributed by atoms with van der Waals surface area (Å²) in [4.78, 5) is 14.4. The summed E-state index contributed by atoms with van der Waals surface area (Å²) < 4.78 is 25.7. The third-order valence-electron chi connectivity index (χ3n) is 4.43. The van der Waals surface area contributed by atoms with Crippen LogP contribution in [0.2, 0.25) is 10.0 Å². The highest BCUT2D eigenvalue weighted by molar-refractivity contribution is 6.43. The van der Waals surface area contributed by atoms with Crippen molar-refractivity contribution >= 4 is 29.2 Å². The number of likely N-dealkylation sites (tertiary alicyclic amines) is 1. The molecule has 5 nitrogen and oxygen atoms in total. The highest BCUT2D eigenvalue weighted by atomic mass is 35.5. The van der Waals surface area contributed by atoms with Crippen LogP contribution in [0, 0.1) is 0 Å². The van der Waals surface area contributed by atoms with E-state index in [0.717, 1.165) is 13.1 Å². The molecular weight excluding hydrogens is 375 g/mol. The summed E-state index contributed by atoms with van der Waals surface area (Å²) in [6.07, 6.45) is -1.39. The second-order valence-electron chi connectivity index (χ2n) is 6.22. The van der Waals surface area contributed by atoms with Gasteiger partial charge >= 0.3 is 6.03 Å². The minimum absolute atomic E-state index is 0.0314. The van der Waals surface area contributed by atoms with Crippen molar-refractivity contribution < 1.29 is 18.8 Å². The normalized spacial score (nSPS) is 17.6. The Balaban J connectivity index is 2.05. The van der Waals surface area contributed by atoms with Crippen molar-refractivity contribution in [2.75, 3.05) is 20.1 Å². The molecule has 2 rings (SSSR count).